The molecule has 1 atom stereocenters. The van der Waals surface area contributed by atoms with Crippen LogP contribution in [0, 0.1) is 12.8 Å². The molecule has 0 amide bonds. The van der Waals surface area contributed by atoms with Gasteiger partial charge in [0, 0.05) is 6.07 Å². The third kappa shape index (κ3) is 2.99. The maximum absolute atomic E-state index is 12.6. The van der Waals surface area contributed by atoms with E-state index in [1.807, 2.05) is 19.1 Å². The summed E-state index contributed by atoms with van der Waals surface area (Å²) in [5.74, 6) is 0.740. The predicted octanol–water partition coefficient (Wildman–Crippen LogP) is 3.13. The van der Waals surface area contributed by atoms with Gasteiger partial charge in [-0.2, -0.15) is 0 Å². The first-order chi connectivity index (χ1) is 11.1. The van der Waals surface area contributed by atoms with Crippen LogP contribution in [0.5, 0.6) is 17.2 Å². The van der Waals surface area contributed by atoms with Gasteiger partial charge in [-0.3, -0.25) is 4.79 Å². The van der Waals surface area contributed by atoms with E-state index in [4.69, 9.17) is 15.3 Å². The number of Topliss-reactive ketones (excluding diaryl/α,β-unsaturated/α-hetero) is 1. The average molecular weight is 316 g/mol. The molecule has 1 unspecified atom stereocenters. The summed E-state index contributed by atoms with van der Waals surface area (Å²) in [5.41, 5.74) is 2.23. The Bertz CT molecular complexity index is 740. The molecule has 23 heavy (non-hydrogen) atoms. The molecule has 2 aromatic rings. The monoisotopic (exact) mass is 316 g/mol. The molecule has 6 heteroatoms. The van der Waals surface area contributed by atoms with Gasteiger partial charge in [0.2, 0.25) is 0 Å². The summed E-state index contributed by atoms with van der Waals surface area (Å²) >= 11 is 0. The van der Waals surface area contributed by atoms with Gasteiger partial charge < -0.3 is 14.5 Å². The number of ketones is 1. The smallest absolute Gasteiger partial charge is 0.173 e. The molecule has 0 saturated heterocycles. The quantitative estimate of drug-likeness (QED) is 0.666. The first-order valence-electron chi connectivity index (χ1n) is 7.16. The average Bonchev–Trinajstić information content (AvgIpc) is 2.57. The lowest BCUT2D eigenvalue weighted by molar-refractivity contribution is -0.138. The Morgan fingerprint density at radius 1 is 1.17 bits per heavy atom. The van der Waals surface area contributed by atoms with E-state index >= 15 is 0 Å². The Morgan fingerprint density at radius 3 is 2.70 bits per heavy atom. The lowest BCUT2D eigenvalue weighted by Crippen LogP contribution is -2.29. The van der Waals surface area contributed by atoms with Crippen molar-refractivity contribution in [2.24, 2.45) is 5.92 Å². The zero-order chi connectivity index (χ0) is 16.4. The van der Waals surface area contributed by atoms with E-state index in [-0.39, 0.29) is 24.1 Å². The van der Waals surface area contributed by atoms with Gasteiger partial charge in [-0.05, 0) is 42.7 Å². The number of rotatable bonds is 4. The molecule has 1 aliphatic rings. The molecule has 120 valence electrons. The van der Waals surface area contributed by atoms with E-state index in [0.717, 1.165) is 11.1 Å². The zero-order valence-electron chi connectivity index (χ0n) is 12.5. The van der Waals surface area contributed by atoms with Gasteiger partial charge in [-0.1, -0.05) is 12.1 Å². The standard InChI is InChI=1S/C17H16O6/c1-10-6-11(2-5-15(10)23-20)7-12-9-21-16-8-13(22-19)3-4-14(16)17(12)18/h2-6,8,12,19-20H,7,9H2,1H3. The van der Waals surface area contributed by atoms with Gasteiger partial charge in [0.05, 0.1) is 18.1 Å². The van der Waals surface area contributed by atoms with E-state index in [1.165, 1.54) is 12.1 Å². The van der Waals surface area contributed by atoms with E-state index in [0.29, 0.717) is 23.5 Å². The minimum absolute atomic E-state index is 0.00382. The summed E-state index contributed by atoms with van der Waals surface area (Å²) in [6, 6.07) is 9.93. The molecule has 1 aliphatic heterocycles. The summed E-state index contributed by atoms with van der Waals surface area (Å²) in [4.78, 5) is 21.0. The third-order valence-corrected chi connectivity index (χ3v) is 3.95. The first kappa shape index (κ1) is 15.3. The van der Waals surface area contributed by atoms with Crippen LogP contribution in [0.4, 0.5) is 0 Å². The van der Waals surface area contributed by atoms with Crippen LogP contribution >= 0.6 is 0 Å². The molecular formula is C17H16O6. The lowest BCUT2D eigenvalue weighted by Gasteiger charge is -2.24. The van der Waals surface area contributed by atoms with Crippen molar-refractivity contribution in [2.45, 2.75) is 13.3 Å². The number of benzene rings is 2. The van der Waals surface area contributed by atoms with Gasteiger partial charge in [0.1, 0.15) is 5.75 Å². The van der Waals surface area contributed by atoms with E-state index in [1.54, 1.807) is 12.1 Å². The number of hydrogen-bond donors (Lipinski definition) is 2. The second-order valence-electron chi connectivity index (χ2n) is 5.52. The highest BCUT2D eigenvalue weighted by Crippen LogP contribution is 2.32. The summed E-state index contributed by atoms with van der Waals surface area (Å²) in [6.45, 7) is 2.08. The van der Waals surface area contributed by atoms with Crippen molar-refractivity contribution in [1.82, 2.24) is 0 Å². The van der Waals surface area contributed by atoms with Crippen molar-refractivity contribution in [2.75, 3.05) is 6.61 Å². The van der Waals surface area contributed by atoms with Crippen molar-refractivity contribution in [1.29, 1.82) is 0 Å². The van der Waals surface area contributed by atoms with Crippen molar-refractivity contribution in [3.63, 3.8) is 0 Å². The van der Waals surface area contributed by atoms with Gasteiger partial charge in [0.15, 0.2) is 17.3 Å². The number of hydrogen-bond acceptors (Lipinski definition) is 6. The van der Waals surface area contributed by atoms with Crippen molar-refractivity contribution in [3.8, 4) is 17.2 Å². The van der Waals surface area contributed by atoms with Crippen LogP contribution in [0.2, 0.25) is 0 Å². The minimum atomic E-state index is -0.288. The molecule has 0 spiro atoms. The fourth-order valence-electron chi connectivity index (χ4n) is 2.75. The normalized spacial score (nSPS) is 16.5. The van der Waals surface area contributed by atoms with Gasteiger partial charge in [-0.25, -0.2) is 10.5 Å². The maximum atomic E-state index is 12.6. The second-order valence-corrected chi connectivity index (χ2v) is 5.52. The Balaban J connectivity index is 1.80. The molecule has 2 aromatic carbocycles. The maximum Gasteiger partial charge on any atom is 0.173 e. The van der Waals surface area contributed by atoms with Crippen LogP contribution in [-0.4, -0.2) is 22.9 Å². The topological polar surface area (TPSA) is 85.2 Å². The van der Waals surface area contributed by atoms with Crippen molar-refractivity contribution >= 4 is 5.78 Å². The summed E-state index contributed by atoms with van der Waals surface area (Å²) in [6.07, 6.45) is 0.531. The van der Waals surface area contributed by atoms with Crippen LogP contribution in [0.25, 0.3) is 0 Å². The second kappa shape index (κ2) is 6.28. The van der Waals surface area contributed by atoms with Gasteiger partial charge in [0.25, 0.3) is 0 Å². The molecule has 2 N–H and O–H groups in total. The Labute approximate surface area is 132 Å². The molecule has 0 saturated carbocycles. The van der Waals surface area contributed by atoms with Crippen LogP contribution < -0.4 is 14.5 Å². The SMILES string of the molecule is Cc1cc(CC2COc3cc(OO)ccc3C2=O)ccc1OO. The van der Waals surface area contributed by atoms with Crippen molar-refractivity contribution < 1.29 is 29.8 Å². The molecule has 0 fully saturated rings. The van der Waals surface area contributed by atoms with E-state index < -0.39 is 0 Å². The van der Waals surface area contributed by atoms with Crippen LogP contribution in [0.1, 0.15) is 21.5 Å². The molecule has 0 aromatic heterocycles. The number of carbonyl (C=O) groups excluding carboxylic acids is 1. The number of fused-ring (bicyclic) bond motifs is 1. The Hall–Kier alpha value is -2.57. The molecular weight excluding hydrogens is 300 g/mol. The molecule has 0 aliphatic carbocycles. The predicted molar refractivity (Wildman–Crippen MR) is 81.2 cm³/mol. The largest absolute Gasteiger partial charge is 0.492 e. The van der Waals surface area contributed by atoms with Crippen LogP contribution in [0.3, 0.4) is 0 Å². The molecule has 0 radical (unpaired) electrons. The highest BCUT2D eigenvalue weighted by molar-refractivity contribution is 6.01. The molecule has 6 nitrogen and oxygen atoms in total. The van der Waals surface area contributed by atoms with Crippen molar-refractivity contribution in [3.05, 3.63) is 53.1 Å². The van der Waals surface area contributed by atoms with Crippen LogP contribution in [-0.2, 0) is 6.42 Å². The highest BCUT2D eigenvalue weighted by Gasteiger charge is 2.29. The van der Waals surface area contributed by atoms with E-state index in [2.05, 4.69) is 9.78 Å². The number of ether oxygens (including phenoxy) is 1. The fourth-order valence-corrected chi connectivity index (χ4v) is 2.75. The highest BCUT2D eigenvalue weighted by atomic mass is 17.1. The number of carbonyl (C=O) groups is 1. The summed E-state index contributed by atoms with van der Waals surface area (Å²) in [5, 5.41) is 17.4. The summed E-state index contributed by atoms with van der Waals surface area (Å²) in [7, 11) is 0. The zero-order valence-corrected chi connectivity index (χ0v) is 12.5. The van der Waals surface area contributed by atoms with Crippen LogP contribution in [0.15, 0.2) is 36.4 Å². The van der Waals surface area contributed by atoms with Gasteiger partial charge in [-0.15, -0.1) is 0 Å². The number of aryl methyl sites for hydroxylation is 1. The Kier molecular flexibility index (Phi) is 4.18. The third-order valence-electron chi connectivity index (χ3n) is 3.95. The first-order valence-corrected chi connectivity index (χ1v) is 7.16. The minimum Gasteiger partial charge on any atom is -0.492 e. The molecule has 3 rings (SSSR count). The Morgan fingerprint density at radius 2 is 2.00 bits per heavy atom. The lowest BCUT2D eigenvalue weighted by atomic mass is 9.89. The van der Waals surface area contributed by atoms with Gasteiger partial charge >= 0.3 is 0 Å². The molecule has 1 heterocycles. The van der Waals surface area contributed by atoms with E-state index in [9.17, 15) is 4.79 Å². The summed E-state index contributed by atoms with van der Waals surface area (Å²) < 4.78 is 5.62. The molecule has 0 bridgehead atoms. The fraction of sp³-hybridized carbons (Fsp3) is 0.235.